The van der Waals surface area contributed by atoms with Crippen LogP contribution >= 0.6 is 0 Å². The Bertz CT molecular complexity index is 832. The normalized spacial score (nSPS) is 29.9. The molecule has 6 N–H and O–H groups in total. The van der Waals surface area contributed by atoms with Crippen LogP contribution in [0.2, 0.25) is 0 Å². The first kappa shape index (κ1) is 17.3. The van der Waals surface area contributed by atoms with Crippen LogP contribution in [-0.4, -0.2) is 30.6 Å². The zero-order valence-electron chi connectivity index (χ0n) is 15.3. The minimum Gasteiger partial charge on any atom is -0.508 e. The van der Waals surface area contributed by atoms with Crippen molar-refractivity contribution in [1.82, 2.24) is 0 Å². The third kappa shape index (κ3) is 2.14. The second-order valence-corrected chi connectivity index (χ2v) is 8.89. The third-order valence-corrected chi connectivity index (χ3v) is 7.42. The van der Waals surface area contributed by atoms with E-state index in [1.807, 2.05) is 0 Å². The van der Waals surface area contributed by atoms with Crippen LogP contribution < -0.4 is 0 Å². The zero-order valence-corrected chi connectivity index (χ0v) is 15.3. The maximum atomic E-state index is 10.8. The van der Waals surface area contributed by atoms with Gasteiger partial charge >= 0.3 is 0 Å². The topological polar surface area (TPSA) is 121 Å². The Morgan fingerprint density at radius 1 is 0.536 bits per heavy atom. The van der Waals surface area contributed by atoms with Gasteiger partial charge in [-0.2, -0.15) is 0 Å². The van der Waals surface area contributed by atoms with Gasteiger partial charge in [-0.1, -0.05) is 0 Å². The quantitative estimate of drug-likeness (QED) is 0.470. The molecule has 6 rings (SSSR count). The van der Waals surface area contributed by atoms with Gasteiger partial charge in [0.15, 0.2) is 0 Å². The lowest BCUT2D eigenvalue weighted by molar-refractivity contribution is -0.0450. The molecule has 0 radical (unpaired) electrons. The van der Waals surface area contributed by atoms with Crippen molar-refractivity contribution in [1.29, 1.82) is 0 Å². The molecule has 4 saturated carbocycles. The highest BCUT2D eigenvalue weighted by Gasteiger charge is 2.61. The summed E-state index contributed by atoms with van der Waals surface area (Å²) in [6.07, 6.45) is 4.71. The van der Waals surface area contributed by atoms with Gasteiger partial charge in [0.05, 0.1) is 0 Å². The lowest BCUT2D eigenvalue weighted by Crippen LogP contribution is -2.56. The van der Waals surface area contributed by atoms with E-state index in [4.69, 9.17) is 0 Å². The predicted octanol–water partition coefficient (Wildman–Crippen LogP) is 3.66. The lowest BCUT2D eigenvalue weighted by Gasteiger charge is -2.61. The van der Waals surface area contributed by atoms with Gasteiger partial charge in [-0.05, 0) is 55.8 Å². The van der Waals surface area contributed by atoms with Crippen molar-refractivity contribution in [2.24, 2.45) is 23.7 Å². The zero-order chi connectivity index (χ0) is 19.8. The Hall–Kier alpha value is -2.76. The Kier molecular flexibility index (Phi) is 3.49. The number of phenolic OH excluding ortho intramolecular Hbond substituents is 6. The second kappa shape index (κ2) is 5.63. The van der Waals surface area contributed by atoms with E-state index in [2.05, 4.69) is 0 Å². The predicted molar refractivity (Wildman–Crippen MR) is 101 cm³/mol. The first-order valence-corrected chi connectivity index (χ1v) is 9.81. The van der Waals surface area contributed by atoms with Gasteiger partial charge in [-0.15, -0.1) is 0 Å². The molecule has 6 nitrogen and oxygen atoms in total. The van der Waals surface area contributed by atoms with Gasteiger partial charge < -0.3 is 30.6 Å². The highest BCUT2D eigenvalue weighted by molar-refractivity contribution is 5.64. The van der Waals surface area contributed by atoms with Crippen molar-refractivity contribution in [2.75, 3.05) is 0 Å². The minimum atomic E-state index is -0.989. The number of hydrogen-bond acceptors (Lipinski definition) is 6. The molecule has 148 valence electrons. The molecule has 28 heavy (non-hydrogen) atoms. The van der Waals surface area contributed by atoms with E-state index in [1.165, 1.54) is 30.7 Å². The van der Waals surface area contributed by atoms with Crippen molar-refractivity contribution < 1.29 is 30.6 Å². The summed E-state index contributed by atoms with van der Waals surface area (Å²) in [4.78, 5) is 0. The Balaban J connectivity index is 1.86. The number of phenols is 6. The fourth-order valence-electron chi connectivity index (χ4n) is 6.91. The summed E-state index contributed by atoms with van der Waals surface area (Å²) in [6, 6.07) is 4.76. The number of benzene rings is 2. The number of hydrogen-bond donors (Lipinski definition) is 6. The molecule has 4 fully saturated rings. The highest BCUT2D eigenvalue weighted by Crippen LogP contribution is 2.69. The van der Waals surface area contributed by atoms with E-state index in [9.17, 15) is 30.6 Å². The third-order valence-electron chi connectivity index (χ3n) is 7.42. The van der Waals surface area contributed by atoms with Crippen LogP contribution in [0.3, 0.4) is 0 Å². The first-order chi connectivity index (χ1) is 13.3. The van der Waals surface area contributed by atoms with E-state index < -0.39 is 5.41 Å². The smallest absolute Gasteiger partial charge is 0.127 e. The molecule has 0 unspecified atom stereocenters. The summed E-state index contributed by atoms with van der Waals surface area (Å²) in [5.74, 6) is -0.342. The highest BCUT2D eigenvalue weighted by atomic mass is 16.3. The molecule has 0 aliphatic heterocycles. The molecule has 4 bridgehead atoms. The van der Waals surface area contributed by atoms with Crippen LogP contribution in [0.25, 0.3) is 0 Å². The van der Waals surface area contributed by atoms with Crippen molar-refractivity contribution in [3.63, 3.8) is 0 Å². The van der Waals surface area contributed by atoms with Crippen molar-refractivity contribution in [3.8, 4) is 34.5 Å². The average Bonchev–Trinajstić information content (AvgIpc) is 2.56. The second-order valence-electron chi connectivity index (χ2n) is 8.89. The summed E-state index contributed by atoms with van der Waals surface area (Å²) in [6.45, 7) is 0. The van der Waals surface area contributed by atoms with Crippen molar-refractivity contribution in [3.05, 3.63) is 35.4 Å². The minimum absolute atomic E-state index is 0.0198. The molecule has 4 aliphatic carbocycles. The maximum Gasteiger partial charge on any atom is 0.127 e. The molecule has 0 atom stereocenters. The van der Waals surface area contributed by atoms with Crippen molar-refractivity contribution in [2.45, 2.75) is 37.5 Å². The monoisotopic (exact) mass is 384 g/mol. The fraction of sp³-hybridized carbons (Fsp3) is 0.455. The molecule has 0 spiro atoms. The first-order valence-electron chi connectivity index (χ1n) is 9.81. The van der Waals surface area contributed by atoms with Gasteiger partial charge in [0, 0.05) is 40.8 Å². The SMILES string of the molecule is Oc1cc(O)c(C2(c3c(O)cc(O)cc3O)C3CC4CC(C3)CC2C4)c(O)c1. The van der Waals surface area contributed by atoms with Gasteiger partial charge in [0.1, 0.15) is 34.5 Å². The van der Waals surface area contributed by atoms with Crippen LogP contribution in [0.15, 0.2) is 24.3 Å². The van der Waals surface area contributed by atoms with Gasteiger partial charge in [-0.3, -0.25) is 0 Å². The molecular formula is C22H24O6. The van der Waals surface area contributed by atoms with Gasteiger partial charge in [-0.25, -0.2) is 0 Å². The van der Waals surface area contributed by atoms with Crippen LogP contribution in [0, 0.1) is 23.7 Å². The molecule has 2 aromatic rings. The number of aromatic hydroxyl groups is 6. The fourth-order valence-corrected chi connectivity index (χ4v) is 6.91. The molecule has 0 amide bonds. The summed E-state index contributed by atoms with van der Waals surface area (Å²) in [5.41, 5.74) is -0.497. The Labute approximate surface area is 162 Å². The van der Waals surface area contributed by atoms with E-state index in [0.29, 0.717) is 11.8 Å². The van der Waals surface area contributed by atoms with Gasteiger partial charge in [0.25, 0.3) is 0 Å². The molecule has 2 aromatic carbocycles. The van der Waals surface area contributed by atoms with Crippen LogP contribution in [0.1, 0.15) is 43.2 Å². The molecule has 6 heteroatoms. The van der Waals surface area contributed by atoms with Crippen molar-refractivity contribution >= 4 is 0 Å². The Morgan fingerprint density at radius 3 is 1.18 bits per heavy atom. The van der Waals surface area contributed by atoms with E-state index in [1.54, 1.807) is 0 Å². The molecule has 4 aliphatic rings. The summed E-state index contributed by atoms with van der Waals surface area (Å²) < 4.78 is 0. The average molecular weight is 384 g/mol. The Morgan fingerprint density at radius 2 is 0.857 bits per heavy atom. The summed E-state index contributed by atoms with van der Waals surface area (Å²) >= 11 is 0. The van der Waals surface area contributed by atoms with E-state index in [-0.39, 0.29) is 57.5 Å². The summed E-state index contributed by atoms with van der Waals surface area (Å²) in [5, 5.41) is 62.8. The molecular weight excluding hydrogens is 360 g/mol. The van der Waals surface area contributed by atoms with Gasteiger partial charge in [0.2, 0.25) is 0 Å². The van der Waals surface area contributed by atoms with Crippen LogP contribution in [0.4, 0.5) is 0 Å². The lowest BCUT2D eigenvalue weighted by atomic mass is 9.42. The number of rotatable bonds is 2. The molecule has 0 saturated heterocycles. The van der Waals surface area contributed by atoms with Crippen LogP contribution in [-0.2, 0) is 5.41 Å². The van der Waals surface area contributed by atoms with E-state index >= 15 is 0 Å². The maximum absolute atomic E-state index is 10.8. The van der Waals surface area contributed by atoms with Crippen LogP contribution in [0.5, 0.6) is 34.5 Å². The largest absolute Gasteiger partial charge is 0.508 e. The standard InChI is InChI=1S/C22H24O6/c23-14-6-16(25)20(17(26)7-14)22(21-18(27)8-15(24)9-19(21)28)12-2-10-1-11(4-12)5-13(22)3-10/h6-13,23-28H,1-5H2. The van der Waals surface area contributed by atoms with E-state index in [0.717, 1.165) is 25.7 Å². The molecule has 0 aromatic heterocycles. The summed E-state index contributed by atoms with van der Waals surface area (Å²) in [7, 11) is 0. The molecule has 0 heterocycles.